The molecule has 0 aliphatic carbocycles. The van der Waals surface area contributed by atoms with Crippen molar-refractivity contribution < 1.29 is 23.9 Å². The van der Waals surface area contributed by atoms with Crippen molar-refractivity contribution in [2.24, 2.45) is 5.73 Å². The second kappa shape index (κ2) is 12.1. The number of para-hydroxylation sites is 1. The molecule has 0 aliphatic heterocycles. The number of allylic oxidation sites excluding steroid dienone is 1. The Hall–Kier alpha value is -4.72. The minimum Gasteiger partial charge on any atom is -0.465 e. The second-order valence-electron chi connectivity index (χ2n) is 7.80. The molecule has 8 heteroatoms. The third kappa shape index (κ3) is 6.89. The Morgan fingerprint density at radius 1 is 0.889 bits per heavy atom. The summed E-state index contributed by atoms with van der Waals surface area (Å²) >= 11 is 0. The number of ether oxygens (including phenoxy) is 2. The van der Waals surface area contributed by atoms with E-state index in [2.05, 4.69) is 0 Å². The maximum Gasteiger partial charge on any atom is 0.343 e. The molecule has 0 unspecified atom stereocenters. The topological polar surface area (TPSA) is 123 Å². The molecule has 36 heavy (non-hydrogen) atoms. The normalized spacial score (nSPS) is 10.9. The Bertz CT molecular complexity index is 1270. The van der Waals surface area contributed by atoms with Crippen molar-refractivity contribution in [1.29, 1.82) is 5.41 Å². The van der Waals surface area contributed by atoms with Crippen LogP contribution in [-0.2, 0) is 14.3 Å². The van der Waals surface area contributed by atoms with Crippen LogP contribution in [0.2, 0.25) is 0 Å². The van der Waals surface area contributed by atoms with Gasteiger partial charge in [0.1, 0.15) is 18.1 Å². The first-order valence-electron chi connectivity index (χ1n) is 11.3. The Balaban J connectivity index is 1.72. The monoisotopic (exact) mass is 485 g/mol. The summed E-state index contributed by atoms with van der Waals surface area (Å²) in [6.07, 6.45) is 1.44. The van der Waals surface area contributed by atoms with Gasteiger partial charge in [-0.05, 0) is 73.5 Å². The van der Waals surface area contributed by atoms with Gasteiger partial charge in [-0.15, -0.1) is 0 Å². The molecule has 1 amide bonds. The van der Waals surface area contributed by atoms with Crippen LogP contribution in [0, 0.1) is 5.41 Å². The van der Waals surface area contributed by atoms with Crippen LogP contribution in [0.5, 0.6) is 5.75 Å². The van der Waals surface area contributed by atoms with Gasteiger partial charge in [0.2, 0.25) is 0 Å². The SMILES string of the molecule is CCOC(=O)CN(C(=O)C=C(C)c1ccc(C(=O)Oc2ccc(C(=N)N)cc2)cc1)c1ccccc1. The second-order valence-corrected chi connectivity index (χ2v) is 7.80. The molecule has 184 valence electrons. The van der Waals surface area contributed by atoms with E-state index < -0.39 is 11.9 Å². The van der Waals surface area contributed by atoms with Crippen molar-refractivity contribution in [2.75, 3.05) is 18.1 Å². The molecule has 0 aliphatic rings. The molecular formula is C28H27N3O5. The fourth-order valence-electron chi connectivity index (χ4n) is 3.32. The average molecular weight is 486 g/mol. The number of esters is 2. The number of hydrogen-bond acceptors (Lipinski definition) is 6. The molecule has 3 rings (SSSR count). The van der Waals surface area contributed by atoms with Gasteiger partial charge in [0.05, 0.1) is 12.2 Å². The van der Waals surface area contributed by atoms with Crippen LogP contribution in [0.3, 0.4) is 0 Å². The van der Waals surface area contributed by atoms with E-state index in [4.69, 9.17) is 20.6 Å². The van der Waals surface area contributed by atoms with Gasteiger partial charge >= 0.3 is 11.9 Å². The first-order chi connectivity index (χ1) is 17.3. The van der Waals surface area contributed by atoms with Crippen molar-refractivity contribution in [2.45, 2.75) is 13.8 Å². The fourth-order valence-corrected chi connectivity index (χ4v) is 3.32. The van der Waals surface area contributed by atoms with Gasteiger partial charge in [0.15, 0.2) is 0 Å². The quantitative estimate of drug-likeness (QED) is 0.154. The number of nitrogens with zero attached hydrogens (tertiary/aromatic N) is 1. The molecule has 0 bridgehead atoms. The molecule has 0 aromatic heterocycles. The summed E-state index contributed by atoms with van der Waals surface area (Å²) in [5.74, 6) is -1.15. The molecule has 0 fully saturated rings. The number of anilines is 1. The first-order valence-corrected chi connectivity index (χ1v) is 11.3. The van der Waals surface area contributed by atoms with Crippen molar-refractivity contribution in [3.05, 3.63) is 102 Å². The Kier molecular flexibility index (Phi) is 8.72. The zero-order valence-electron chi connectivity index (χ0n) is 20.1. The lowest BCUT2D eigenvalue weighted by Crippen LogP contribution is -2.35. The van der Waals surface area contributed by atoms with Gasteiger partial charge < -0.3 is 15.2 Å². The Morgan fingerprint density at radius 2 is 1.47 bits per heavy atom. The molecule has 3 aromatic carbocycles. The lowest BCUT2D eigenvalue weighted by molar-refractivity contribution is -0.142. The van der Waals surface area contributed by atoms with E-state index in [0.29, 0.717) is 28.1 Å². The van der Waals surface area contributed by atoms with Gasteiger partial charge in [0, 0.05) is 17.3 Å². The molecule has 3 aromatic rings. The van der Waals surface area contributed by atoms with Crippen molar-refractivity contribution in [3.8, 4) is 5.75 Å². The van der Waals surface area contributed by atoms with Crippen LogP contribution in [0.25, 0.3) is 5.57 Å². The van der Waals surface area contributed by atoms with Crippen LogP contribution < -0.4 is 15.4 Å². The number of rotatable bonds is 9. The minimum atomic E-state index is -0.542. The zero-order chi connectivity index (χ0) is 26.1. The number of nitrogens with one attached hydrogen (secondary N) is 1. The van der Waals surface area contributed by atoms with E-state index in [9.17, 15) is 14.4 Å². The summed E-state index contributed by atoms with van der Waals surface area (Å²) in [6.45, 7) is 3.50. The molecule has 0 saturated carbocycles. The molecule has 8 nitrogen and oxygen atoms in total. The lowest BCUT2D eigenvalue weighted by Gasteiger charge is -2.20. The number of benzene rings is 3. The number of nitrogens with two attached hydrogens (primary N) is 1. The number of nitrogen functional groups attached to an aromatic ring is 1. The van der Waals surface area contributed by atoms with Crippen LogP contribution in [0.15, 0.2) is 84.9 Å². The van der Waals surface area contributed by atoms with Crippen LogP contribution >= 0.6 is 0 Å². The van der Waals surface area contributed by atoms with E-state index in [1.54, 1.807) is 86.6 Å². The van der Waals surface area contributed by atoms with Crippen molar-refractivity contribution in [3.63, 3.8) is 0 Å². The van der Waals surface area contributed by atoms with Gasteiger partial charge in [-0.25, -0.2) is 4.79 Å². The van der Waals surface area contributed by atoms with E-state index in [1.807, 2.05) is 6.07 Å². The minimum absolute atomic E-state index is 0.0712. The highest BCUT2D eigenvalue weighted by molar-refractivity contribution is 6.07. The van der Waals surface area contributed by atoms with Gasteiger partial charge in [-0.3, -0.25) is 19.9 Å². The summed E-state index contributed by atoms with van der Waals surface area (Å²) in [7, 11) is 0. The molecule has 0 saturated heterocycles. The maximum absolute atomic E-state index is 13.1. The smallest absolute Gasteiger partial charge is 0.343 e. The number of carbonyl (C=O) groups excluding carboxylic acids is 3. The van der Waals surface area contributed by atoms with Crippen LogP contribution in [0.1, 0.15) is 35.3 Å². The highest BCUT2D eigenvalue weighted by atomic mass is 16.5. The Morgan fingerprint density at radius 3 is 2.06 bits per heavy atom. The summed E-state index contributed by atoms with van der Waals surface area (Å²) in [6, 6.07) is 21.9. The zero-order valence-corrected chi connectivity index (χ0v) is 20.1. The first kappa shape index (κ1) is 25.9. The summed E-state index contributed by atoms with van der Waals surface area (Å²) in [5, 5.41) is 7.41. The number of carbonyl (C=O) groups is 3. The van der Waals surface area contributed by atoms with Crippen molar-refractivity contribution >= 4 is 34.9 Å². The molecule has 0 radical (unpaired) electrons. The highest BCUT2D eigenvalue weighted by Crippen LogP contribution is 2.20. The standard InChI is InChI=1S/C28H27N3O5/c1-3-35-26(33)18-31(23-7-5-4-6-8-23)25(32)17-19(2)20-9-11-22(12-10-20)28(34)36-24-15-13-21(14-16-24)27(29)30/h4-17H,3,18H2,1-2H3,(H3,29,30). The Labute approximate surface area is 209 Å². The highest BCUT2D eigenvalue weighted by Gasteiger charge is 2.19. The summed E-state index contributed by atoms with van der Waals surface area (Å²) in [5.41, 5.74) is 8.26. The number of hydrogen-bond donors (Lipinski definition) is 2. The van der Waals surface area contributed by atoms with E-state index in [1.165, 1.54) is 11.0 Å². The largest absolute Gasteiger partial charge is 0.465 e. The maximum atomic E-state index is 13.1. The average Bonchev–Trinajstić information content (AvgIpc) is 2.88. The molecular weight excluding hydrogens is 458 g/mol. The third-order valence-electron chi connectivity index (χ3n) is 5.22. The molecule has 3 N–H and O–H groups in total. The summed E-state index contributed by atoms with van der Waals surface area (Å²) < 4.78 is 10.4. The van der Waals surface area contributed by atoms with E-state index >= 15 is 0 Å². The fraction of sp³-hybridized carbons (Fsp3) is 0.143. The van der Waals surface area contributed by atoms with Gasteiger partial charge in [-0.2, -0.15) is 0 Å². The predicted molar refractivity (Wildman–Crippen MR) is 138 cm³/mol. The third-order valence-corrected chi connectivity index (χ3v) is 5.22. The van der Waals surface area contributed by atoms with Crippen molar-refractivity contribution in [1.82, 2.24) is 0 Å². The lowest BCUT2D eigenvalue weighted by atomic mass is 10.0. The molecule has 0 heterocycles. The van der Waals surface area contributed by atoms with Gasteiger partial charge in [-0.1, -0.05) is 30.3 Å². The van der Waals surface area contributed by atoms with E-state index in [-0.39, 0.29) is 24.9 Å². The molecule has 0 atom stereocenters. The van der Waals surface area contributed by atoms with Gasteiger partial charge in [0.25, 0.3) is 5.91 Å². The van der Waals surface area contributed by atoms with Crippen LogP contribution in [0.4, 0.5) is 5.69 Å². The van der Waals surface area contributed by atoms with Crippen LogP contribution in [-0.4, -0.2) is 36.8 Å². The van der Waals surface area contributed by atoms with E-state index in [0.717, 1.165) is 5.56 Å². The molecule has 0 spiro atoms. The predicted octanol–water partition coefficient (Wildman–Crippen LogP) is 4.19. The summed E-state index contributed by atoms with van der Waals surface area (Å²) in [4.78, 5) is 39.0. The number of amidine groups is 1. The number of amides is 1.